The van der Waals surface area contributed by atoms with Crippen LogP contribution in [0.15, 0.2) is 54.6 Å². The van der Waals surface area contributed by atoms with Crippen LogP contribution < -0.4 is 10.1 Å². The number of nitrogens with one attached hydrogen (secondary N) is 1. The number of hydrogen-bond acceptors (Lipinski definition) is 4. The van der Waals surface area contributed by atoms with Gasteiger partial charge in [-0.25, -0.2) is 4.79 Å². The summed E-state index contributed by atoms with van der Waals surface area (Å²) in [5.74, 6) is 0.835. The fraction of sp³-hybridized carbons (Fsp3) is 0.409. The highest BCUT2D eigenvalue weighted by atomic mass is 16.6. The smallest absolute Gasteiger partial charge is 0.350 e. The van der Waals surface area contributed by atoms with Crippen molar-refractivity contribution in [3.05, 3.63) is 65.7 Å². The Bertz CT molecular complexity index is 721. The van der Waals surface area contributed by atoms with Crippen LogP contribution in [0.2, 0.25) is 0 Å². The zero-order valence-corrected chi connectivity index (χ0v) is 15.5. The summed E-state index contributed by atoms with van der Waals surface area (Å²) in [6.07, 6.45) is 2.37. The molecular formula is C22H27NO3. The Hall–Kier alpha value is -2.33. The highest BCUT2D eigenvalue weighted by Crippen LogP contribution is 2.28. The zero-order chi connectivity index (χ0) is 18.4. The molecule has 0 aromatic heterocycles. The van der Waals surface area contributed by atoms with Gasteiger partial charge in [-0.15, -0.1) is 0 Å². The summed E-state index contributed by atoms with van der Waals surface area (Å²) in [7, 11) is 0. The molecule has 0 amide bonds. The molecule has 1 atom stereocenters. The first-order chi connectivity index (χ1) is 12.5. The fourth-order valence-electron chi connectivity index (χ4n) is 3.20. The van der Waals surface area contributed by atoms with E-state index in [1.807, 2.05) is 48.5 Å². The van der Waals surface area contributed by atoms with Gasteiger partial charge >= 0.3 is 5.97 Å². The van der Waals surface area contributed by atoms with Crippen molar-refractivity contribution >= 4 is 5.97 Å². The van der Waals surface area contributed by atoms with Crippen molar-refractivity contribution in [3.8, 4) is 5.75 Å². The van der Waals surface area contributed by atoms with Gasteiger partial charge in [-0.1, -0.05) is 42.5 Å². The van der Waals surface area contributed by atoms with E-state index in [4.69, 9.17) is 9.47 Å². The maximum absolute atomic E-state index is 12.5. The van der Waals surface area contributed by atoms with Crippen LogP contribution in [0.4, 0.5) is 0 Å². The van der Waals surface area contributed by atoms with Crippen molar-refractivity contribution in [2.75, 3.05) is 13.1 Å². The van der Waals surface area contributed by atoms with Gasteiger partial charge in [0.2, 0.25) is 0 Å². The first-order valence-corrected chi connectivity index (χ1v) is 9.25. The molecule has 138 valence electrons. The maximum Gasteiger partial charge on any atom is 0.350 e. The van der Waals surface area contributed by atoms with E-state index in [-0.39, 0.29) is 12.6 Å². The molecule has 1 fully saturated rings. The fourth-order valence-corrected chi connectivity index (χ4v) is 3.20. The number of rotatable bonds is 6. The Balaban J connectivity index is 1.61. The third-order valence-electron chi connectivity index (χ3n) is 4.70. The summed E-state index contributed by atoms with van der Waals surface area (Å²) >= 11 is 0. The summed E-state index contributed by atoms with van der Waals surface area (Å²) in [5, 5.41) is 3.44. The highest BCUT2D eigenvalue weighted by molar-refractivity contribution is 5.79. The number of esters is 1. The minimum atomic E-state index is -1.04. The SMILES string of the molecule is CC(C)(Oc1cccc([C@H]2CCCNC2)c1)C(=O)OCc1ccccc1. The molecule has 0 aliphatic carbocycles. The average molecular weight is 353 g/mol. The molecule has 0 spiro atoms. The van der Waals surface area contributed by atoms with Crippen LogP contribution in [0.1, 0.15) is 43.7 Å². The monoisotopic (exact) mass is 353 g/mol. The Labute approximate surface area is 155 Å². The Morgan fingerprint density at radius 3 is 2.69 bits per heavy atom. The summed E-state index contributed by atoms with van der Waals surface area (Å²) in [4.78, 5) is 12.5. The second-order valence-corrected chi connectivity index (χ2v) is 7.29. The van der Waals surface area contributed by atoms with Crippen LogP contribution in [-0.4, -0.2) is 24.7 Å². The molecule has 0 saturated carbocycles. The second kappa shape index (κ2) is 8.37. The number of ether oxygens (including phenoxy) is 2. The molecule has 2 aromatic rings. The first kappa shape index (κ1) is 18.5. The van der Waals surface area contributed by atoms with Gasteiger partial charge in [0.05, 0.1) is 0 Å². The van der Waals surface area contributed by atoms with Crippen molar-refractivity contribution in [1.82, 2.24) is 5.32 Å². The predicted octanol–water partition coefficient (Wildman–Crippen LogP) is 4.05. The van der Waals surface area contributed by atoms with Gasteiger partial charge in [-0.05, 0) is 62.4 Å². The Kier molecular flexibility index (Phi) is 5.94. The second-order valence-electron chi connectivity index (χ2n) is 7.29. The third kappa shape index (κ3) is 4.85. The molecule has 0 unspecified atom stereocenters. The van der Waals surface area contributed by atoms with Crippen LogP contribution in [0.25, 0.3) is 0 Å². The number of hydrogen-bond donors (Lipinski definition) is 1. The van der Waals surface area contributed by atoms with E-state index >= 15 is 0 Å². The van der Waals surface area contributed by atoms with E-state index in [0.29, 0.717) is 11.7 Å². The van der Waals surface area contributed by atoms with Crippen molar-refractivity contribution in [1.29, 1.82) is 0 Å². The lowest BCUT2D eigenvalue weighted by atomic mass is 9.91. The van der Waals surface area contributed by atoms with E-state index in [1.54, 1.807) is 13.8 Å². The molecule has 2 aromatic carbocycles. The van der Waals surface area contributed by atoms with E-state index < -0.39 is 5.60 Å². The normalized spacial score (nSPS) is 17.5. The molecule has 4 heteroatoms. The van der Waals surface area contributed by atoms with Gasteiger partial charge in [-0.2, -0.15) is 0 Å². The Morgan fingerprint density at radius 1 is 1.15 bits per heavy atom. The lowest BCUT2D eigenvalue weighted by molar-refractivity contribution is -0.160. The van der Waals surface area contributed by atoms with Gasteiger partial charge in [0.15, 0.2) is 5.60 Å². The molecule has 1 saturated heterocycles. The topological polar surface area (TPSA) is 47.6 Å². The number of piperidine rings is 1. The molecule has 4 nitrogen and oxygen atoms in total. The third-order valence-corrected chi connectivity index (χ3v) is 4.70. The minimum absolute atomic E-state index is 0.250. The first-order valence-electron chi connectivity index (χ1n) is 9.25. The van der Waals surface area contributed by atoms with Gasteiger partial charge in [0.25, 0.3) is 0 Å². The summed E-state index contributed by atoms with van der Waals surface area (Å²) in [5.41, 5.74) is 1.17. The predicted molar refractivity (Wildman–Crippen MR) is 102 cm³/mol. The number of benzene rings is 2. The van der Waals surface area contributed by atoms with E-state index in [1.165, 1.54) is 18.4 Å². The molecule has 0 bridgehead atoms. The van der Waals surface area contributed by atoms with Crippen LogP contribution in [-0.2, 0) is 16.1 Å². The highest BCUT2D eigenvalue weighted by Gasteiger charge is 2.32. The van der Waals surface area contributed by atoms with Crippen LogP contribution >= 0.6 is 0 Å². The molecule has 3 rings (SSSR count). The van der Waals surface area contributed by atoms with Gasteiger partial charge in [0, 0.05) is 6.54 Å². The van der Waals surface area contributed by atoms with Crippen molar-refractivity contribution < 1.29 is 14.3 Å². The Morgan fingerprint density at radius 2 is 1.96 bits per heavy atom. The molecule has 1 aliphatic heterocycles. The summed E-state index contributed by atoms with van der Waals surface area (Å²) in [6, 6.07) is 17.7. The maximum atomic E-state index is 12.5. The minimum Gasteiger partial charge on any atom is -0.476 e. The molecule has 1 heterocycles. The van der Waals surface area contributed by atoms with E-state index in [2.05, 4.69) is 11.4 Å². The molecule has 0 radical (unpaired) electrons. The van der Waals surface area contributed by atoms with E-state index in [9.17, 15) is 4.79 Å². The summed E-state index contributed by atoms with van der Waals surface area (Å²) < 4.78 is 11.4. The molecule has 1 aliphatic rings. The van der Waals surface area contributed by atoms with Gasteiger partial charge < -0.3 is 14.8 Å². The standard InChI is InChI=1S/C22H27NO3/c1-22(2,21(24)25-16-17-8-4-3-5-9-17)26-20-12-6-10-18(14-20)19-11-7-13-23-15-19/h3-6,8-10,12,14,19,23H,7,11,13,15-16H2,1-2H3/t19-/m0/s1. The number of carbonyl (C=O) groups is 1. The van der Waals surface area contributed by atoms with Crippen LogP contribution in [0, 0.1) is 0 Å². The largest absolute Gasteiger partial charge is 0.476 e. The van der Waals surface area contributed by atoms with Crippen LogP contribution in [0.5, 0.6) is 5.75 Å². The summed E-state index contributed by atoms with van der Waals surface area (Å²) in [6.45, 7) is 5.82. The van der Waals surface area contributed by atoms with Crippen LogP contribution in [0.3, 0.4) is 0 Å². The lowest BCUT2D eigenvalue weighted by Gasteiger charge is -2.26. The lowest BCUT2D eigenvalue weighted by Crippen LogP contribution is -2.39. The number of carbonyl (C=O) groups excluding carboxylic acids is 1. The zero-order valence-electron chi connectivity index (χ0n) is 15.5. The average Bonchev–Trinajstić information content (AvgIpc) is 2.67. The van der Waals surface area contributed by atoms with E-state index in [0.717, 1.165) is 18.7 Å². The molecular weight excluding hydrogens is 326 g/mol. The van der Waals surface area contributed by atoms with Crippen molar-refractivity contribution in [2.24, 2.45) is 0 Å². The van der Waals surface area contributed by atoms with Crippen molar-refractivity contribution in [2.45, 2.75) is 44.8 Å². The quantitative estimate of drug-likeness (QED) is 0.796. The molecule has 1 N–H and O–H groups in total. The van der Waals surface area contributed by atoms with Crippen molar-refractivity contribution in [3.63, 3.8) is 0 Å². The molecule has 26 heavy (non-hydrogen) atoms. The van der Waals surface area contributed by atoms with Gasteiger partial charge in [-0.3, -0.25) is 0 Å². The van der Waals surface area contributed by atoms with Gasteiger partial charge in [0.1, 0.15) is 12.4 Å².